The number of ether oxygens (including phenoxy) is 2. The molecule has 0 radical (unpaired) electrons. The Morgan fingerprint density at radius 3 is 2.10 bits per heavy atom. The maximum atomic E-state index is 6.50. The summed E-state index contributed by atoms with van der Waals surface area (Å²) in [5.41, 5.74) is 3.92. The number of rotatable bonds is 5. The van der Waals surface area contributed by atoms with Crippen LogP contribution in [0.25, 0.3) is 0 Å². The molecule has 1 heterocycles. The molecular formula is C23H20Cl2N2O2. The van der Waals surface area contributed by atoms with E-state index in [0.717, 1.165) is 40.4 Å². The first-order valence-corrected chi connectivity index (χ1v) is 9.95. The number of methoxy groups -OCH3 is 2. The van der Waals surface area contributed by atoms with E-state index in [-0.39, 0.29) is 6.04 Å². The van der Waals surface area contributed by atoms with E-state index < -0.39 is 0 Å². The second-order valence-electron chi connectivity index (χ2n) is 6.71. The van der Waals surface area contributed by atoms with E-state index in [0.29, 0.717) is 10.0 Å². The Morgan fingerprint density at radius 2 is 1.48 bits per heavy atom. The van der Waals surface area contributed by atoms with E-state index in [1.807, 2.05) is 47.5 Å². The van der Waals surface area contributed by atoms with E-state index in [4.69, 9.17) is 37.8 Å². The van der Waals surface area contributed by atoms with Crippen molar-refractivity contribution in [1.29, 1.82) is 0 Å². The zero-order valence-corrected chi connectivity index (χ0v) is 17.6. The van der Waals surface area contributed by atoms with Gasteiger partial charge in [0.15, 0.2) is 0 Å². The monoisotopic (exact) mass is 426 g/mol. The molecule has 29 heavy (non-hydrogen) atoms. The first-order valence-electron chi connectivity index (χ1n) is 9.19. The lowest BCUT2D eigenvalue weighted by atomic mass is 9.98. The van der Waals surface area contributed by atoms with Gasteiger partial charge in [0.2, 0.25) is 0 Å². The van der Waals surface area contributed by atoms with E-state index in [1.54, 1.807) is 26.4 Å². The summed E-state index contributed by atoms with van der Waals surface area (Å²) >= 11 is 12.8. The third kappa shape index (κ3) is 4.04. The Hall–Kier alpha value is -2.69. The van der Waals surface area contributed by atoms with Gasteiger partial charge in [0.25, 0.3) is 0 Å². The van der Waals surface area contributed by atoms with Gasteiger partial charge in [0.05, 0.1) is 36.7 Å². The molecule has 0 amide bonds. The van der Waals surface area contributed by atoms with Crippen molar-refractivity contribution in [3.8, 4) is 11.5 Å². The molecule has 0 N–H and O–H groups in total. The van der Waals surface area contributed by atoms with Crippen LogP contribution < -0.4 is 14.5 Å². The van der Waals surface area contributed by atoms with Crippen molar-refractivity contribution in [3.05, 3.63) is 87.9 Å². The molecule has 0 saturated carbocycles. The van der Waals surface area contributed by atoms with Gasteiger partial charge in [0, 0.05) is 11.4 Å². The minimum Gasteiger partial charge on any atom is -0.497 e. The first kappa shape index (κ1) is 19.6. The Morgan fingerprint density at radius 1 is 0.862 bits per heavy atom. The molecule has 0 aromatic heterocycles. The van der Waals surface area contributed by atoms with Crippen LogP contribution in [0.4, 0.5) is 5.69 Å². The summed E-state index contributed by atoms with van der Waals surface area (Å²) < 4.78 is 10.6. The fourth-order valence-electron chi connectivity index (χ4n) is 3.44. The number of nitrogens with zero attached hydrogens (tertiary/aromatic N) is 2. The van der Waals surface area contributed by atoms with Crippen LogP contribution in [0.3, 0.4) is 0 Å². The molecule has 1 aliphatic heterocycles. The summed E-state index contributed by atoms with van der Waals surface area (Å²) in [4.78, 5) is 0. The molecule has 3 aromatic rings. The highest BCUT2D eigenvalue weighted by atomic mass is 35.5. The van der Waals surface area contributed by atoms with Crippen LogP contribution in [-0.2, 0) is 0 Å². The average molecular weight is 427 g/mol. The molecule has 4 rings (SSSR count). The molecule has 0 aliphatic carbocycles. The predicted molar refractivity (Wildman–Crippen MR) is 119 cm³/mol. The SMILES string of the molecule is COc1ccc(C2=NN(c3cc(Cl)ccc3Cl)C(c3ccc(OC)cc3)C2)cc1. The predicted octanol–water partition coefficient (Wildman–Crippen LogP) is 6.37. The van der Waals surface area contributed by atoms with Gasteiger partial charge in [-0.2, -0.15) is 5.10 Å². The number of hydrazone groups is 1. The first-order chi connectivity index (χ1) is 14.1. The highest BCUT2D eigenvalue weighted by Crippen LogP contribution is 2.41. The van der Waals surface area contributed by atoms with Crippen LogP contribution >= 0.6 is 23.2 Å². The molecule has 0 bridgehead atoms. The summed E-state index contributed by atoms with van der Waals surface area (Å²) in [7, 11) is 3.32. The zero-order valence-electron chi connectivity index (χ0n) is 16.1. The Labute approximate surface area is 180 Å². The average Bonchev–Trinajstić information content (AvgIpc) is 3.20. The maximum Gasteiger partial charge on any atom is 0.118 e. The second-order valence-corrected chi connectivity index (χ2v) is 7.55. The molecular weight excluding hydrogens is 407 g/mol. The van der Waals surface area contributed by atoms with Gasteiger partial charge in [-0.15, -0.1) is 0 Å². The quantitative estimate of drug-likeness (QED) is 0.475. The fraction of sp³-hybridized carbons (Fsp3) is 0.174. The van der Waals surface area contributed by atoms with Gasteiger partial charge in [-0.05, 0) is 65.7 Å². The van der Waals surface area contributed by atoms with Crippen LogP contribution in [-0.4, -0.2) is 19.9 Å². The van der Waals surface area contributed by atoms with Crippen molar-refractivity contribution < 1.29 is 9.47 Å². The van der Waals surface area contributed by atoms with Crippen LogP contribution in [0.1, 0.15) is 23.6 Å². The summed E-state index contributed by atoms with van der Waals surface area (Å²) in [6.45, 7) is 0. The lowest BCUT2D eigenvalue weighted by Crippen LogP contribution is -2.18. The normalized spacial score (nSPS) is 15.9. The minimum atomic E-state index is -0.00558. The van der Waals surface area contributed by atoms with Gasteiger partial charge < -0.3 is 9.47 Å². The highest BCUT2D eigenvalue weighted by molar-refractivity contribution is 6.35. The number of hydrogen-bond acceptors (Lipinski definition) is 4. The molecule has 1 aliphatic rings. The standard InChI is InChI=1S/C23H20Cl2N2O2/c1-28-18-8-3-15(4-9-18)21-14-22(16-5-10-19(29-2)11-6-16)27(26-21)23-13-17(24)7-12-20(23)25/h3-13,22H,14H2,1-2H3. The van der Waals surface area contributed by atoms with Gasteiger partial charge >= 0.3 is 0 Å². The van der Waals surface area contributed by atoms with Crippen LogP contribution in [0.15, 0.2) is 71.8 Å². The molecule has 0 fully saturated rings. The summed E-state index contributed by atoms with van der Waals surface area (Å²) in [6, 6.07) is 21.4. The molecule has 148 valence electrons. The third-order valence-corrected chi connectivity index (χ3v) is 5.54. The number of anilines is 1. The fourth-order valence-corrected chi connectivity index (χ4v) is 3.81. The van der Waals surface area contributed by atoms with E-state index >= 15 is 0 Å². The van der Waals surface area contributed by atoms with Gasteiger partial charge in [-0.3, -0.25) is 5.01 Å². The van der Waals surface area contributed by atoms with Crippen LogP contribution in [0, 0.1) is 0 Å². The second kappa shape index (κ2) is 8.36. The van der Waals surface area contributed by atoms with Crippen molar-refractivity contribution >= 4 is 34.6 Å². The number of halogens is 2. The lowest BCUT2D eigenvalue weighted by molar-refractivity contribution is 0.414. The summed E-state index contributed by atoms with van der Waals surface area (Å²) in [5, 5.41) is 8.10. The smallest absolute Gasteiger partial charge is 0.118 e. The Balaban J connectivity index is 1.75. The van der Waals surface area contributed by atoms with Gasteiger partial charge in [0.1, 0.15) is 11.5 Å². The number of benzene rings is 3. The molecule has 0 spiro atoms. The molecule has 0 saturated heterocycles. The number of hydrogen-bond donors (Lipinski definition) is 0. The van der Waals surface area contributed by atoms with Crippen molar-refractivity contribution in [3.63, 3.8) is 0 Å². The Bertz CT molecular complexity index is 1030. The highest BCUT2D eigenvalue weighted by Gasteiger charge is 2.31. The summed E-state index contributed by atoms with van der Waals surface area (Å²) in [5.74, 6) is 1.63. The van der Waals surface area contributed by atoms with Crippen molar-refractivity contribution in [2.75, 3.05) is 19.2 Å². The third-order valence-electron chi connectivity index (χ3n) is 4.99. The van der Waals surface area contributed by atoms with Crippen LogP contribution in [0.5, 0.6) is 11.5 Å². The van der Waals surface area contributed by atoms with E-state index in [1.165, 1.54) is 0 Å². The van der Waals surface area contributed by atoms with Crippen molar-refractivity contribution in [2.24, 2.45) is 5.10 Å². The van der Waals surface area contributed by atoms with Crippen LogP contribution in [0.2, 0.25) is 10.0 Å². The molecule has 6 heteroatoms. The van der Waals surface area contributed by atoms with Crippen molar-refractivity contribution in [1.82, 2.24) is 0 Å². The van der Waals surface area contributed by atoms with Gasteiger partial charge in [-0.1, -0.05) is 35.3 Å². The van der Waals surface area contributed by atoms with E-state index in [9.17, 15) is 0 Å². The molecule has 3 aromatic carbocycles. The molecule has 1 unspecified atom stereocenters. The maximum absolute atomic E-state index is 6.50. The van der Waals surface area contributed by atoms with Crippen molar-refractivity contribution in [2.45, 2.75) is 12.5 Å². The molecule has 1 atom stereocenters. The Kier molecular flexibility index (Phi) is 5.65. The van der Waals surface area contributed by atoms with Gasteiger partial charge in [-0.25, -0.2) is 0 Å². The minimum absolute atomic E-state index is 0.00558. The molecule has 4 nitrogen and oxygen atoms in total. The van der Waals surface area contributed by atoms with E-state index in [2.05, 4.69) is 12.1 Å². The largest absolute Gasteiger partial charge is 0.497 e. The lowest BCUT2D eigenvalue weighted by Gasteiger charge is -2.25. The summed E-state index contributed by atoms with van der Waals surface area (Å²) in [6.07, 6.45) is 0.738. The zero-order chi connectivity index (χ0) is 20.4. The topological polar surface area (TPSA) is 34.1 Å².